The van der Waals surface area contributed by atoms with Gasteiger partial charge in [-0.25, -0.2) is 9.78 Å². The first-order valence-electron chi connectivity index (χ1n) is 8.19. The number of carbonyl (C=O) groups excluding carboxylic acids is 2. The molecule has 3 fully saturated rings. The molecule has 0 radical (unpaired) electrons. The maximum Gasteiger partial charge on any atom is 0.253 e. The van der Waals surface area contributed by atoms with Crippen LogP contribution in [0.25, 0.3) is 0 Å². The number of imide groups is 1. The minimum absolute atomic E-state index is 0.0218. The highest BCUT2D eigenvalue weighted by molar-refractivity contribution is 6.12. The van der Waals surface area contributed by atoms with Gasteiger partial charge in [-0.05, 0) is 43.4 Å². The number of hydrogen-bond acceptors (Lipinski definition) is 5. The van der Waals surface area contributed by atoms with Gasteiger partial charge in [-0.2, -0.15) is 0 Å². The Bertz CT molecular complexity index is 523. The Morgan fingerprint density at radius 1 is 1.26 bits per heavy atom. The van der Waals surface area contributed by atoms with E-state index < -0.39 is 6.29 Å². The molecule has 3 aliphatic carbocycles. The van der Waals surface area contributed by atoms with Gasteiger partial charge in [0, 0.05) is 19.3 Å². The summed E-state index contributed by atoms with van der Waals surface area (Å²) in [5, 5.41) is 0. The van der Waals surface area contributed by atoms with Crippen molar-refractivity contribution >= 4 is 11.8 Å². The van der Waals surface area contributed by atoms with E-state index >= 15 is 0 Å². The fraction of sp³-hybridized carbons (Fsp3) is 0.765. The predicted molar refractivity (Wildman–Crippen MR) is 81.8 cm³/mol. The molecule has 2 bridgehead atoms. The summed E-state index contributed by atoms with van der Waals surface area (Å²) in [5.41, 5.74) is -0.0873. The molecule has 0 spiro atoms. The molecule has 4 rings (SSSR count). The lowest BCUT2D eigenvalue weighted by Gasteiger charge is -2.63. The van der Waals surface area contributed by atoms with Crippen molar-refractivity contribution in [2.45, 2.75) is 51.9 Å². The van der Waals surface area contributed by atoms with Crippen LogP contribution in [0.4, 0.5) is 0 Å². The number of ether oxygens (including phenoxy) is 1. The highest BCUT2D eigenvalue weighted by atomic mass is 17.2. The highest BCUT2D eigenvalue weighted by Gasteiger charge is 2.60. The fourth-order valence-electron chi connectivity index (χ4n) is 4.34. The zero-order valence-electron chi connectivity index (χ0n) is 14.2. The fourth-order valence-corrected chi connectivity index (χ4v) is 4.34. The van der Waals surface area contributed by atoms with Crippen molar-refractivity contribution in [2.75, 3.05) is 13.7 Å². The lowest BCUT2D eigenvalue weighted by atomic mass is 9.44. The normalized spacial score (nSPS) is 36.3. The Morgan fingerprint density at radius 2 is 1.91 bits per heavy atom. The van der Waals surface area contributed by atoms with Crippen molar-refractivity contribution in [3.8, 4) is 0 Å². The number of carbonyl (C=O) groups is 2. The third-order valence-electron chi connectivity index (χ3n) is 6.04. The molecule has 0 aromatic heterocycles. The Hall–Kier alpha value is -1.24. The van der Waals surface area contributed by atoms with Crippen molar-refractivity contribution in [2.24, 2.45) is 17.3 Å². The molecule has 4 unspecified atom stereocenters. The van der Waals surface area contributed by atoms with Crippen molar-refractivity contribution < 1.29 is 24.1 Å². The van der Waals surface area contributed by atoms with Crippen LogP contribution >= 0.6 is 0 Å². The molecule has 1 aliphatic heterocycles. The van der Waals surface area contributed by atoms with E-state index in [9.17, 15) is 9.59 Å². The van der Waals surface area contributed by atoms with Gasteiger partial charge in [-0.1, -0.05) is 13.8 Å². The second-order valence-electron chi connectivity index (χ2n) is 7.62. The number of rotatable bonds is 6. The van der Waals surface area contributed by atoms with Crippen LogP contribution in [0, 0.1) is 17.3 Å². The maximum atomic E-state index is 11.6. The molecule has 6 nitrogen and oxygen atoms in total. The predicted octanol–water partition coefficient (Wildman–Crippen LogP) is 2.05. The summed E-state index contributed by atoms with van der Waals surface area (Å²) in [4.78, 5) is 35.6. The SMILES string of the molecule is COC(CN1C(=O)C=CC1=O)OOC1(C)CCC2CC1C2(C)C. The first-order chi connectivity index (χ1) is 10.8. The van der Waals surface area contributed by atoms with E-state index in [0.717, 1.165) is 30.1 Å². The molecule has 6 heteroatoms. The van der Waals surface area contributed by atoms with Gasteiger partial charge in [-0.15, -0.1) is 0 Å². The summed E-state index contributed by atoms with van der Waals surface area (Å²) in [6.07, 6.45) is 4.95. The number of amides is 2. The van der Waals surface area contributed by atoms with E-state index in [1.165, 1.54) is 19.3 Å². The van der Waals surface area contributed by atoms with Crippen LogP contribution in [0.2, 0.25) is 0 Å². The van der Waals surface area contributed by atoms with Crippen LogP contribution in [0.1, 0.15) is 40.0 Å². The smallest absolute Gasteiger partial charge is 0.253 e. The van der Waals surface area contributed by atoms with Crippen molar-refractivity contribution in [1.29, 1.82) is 0 Å². The standard InChI is InChI=1S/C17H25NO5/c1-16(2)11-7-8-17(3,12(16)9-11)23-22-15(21-4)10-18-13(19)5-6-14(18)20/h5-6,11-12,15H,7-10H2,1-4H3. The van der Waals surface area contributed by atoms with Crippen LogP contribution in [0.5, 0.6) is 0 Å². The molecule has 128 valence electrons. The van der Waals surface area contributed by atoms with Gasteiger partial charge < -0.3 is 4.74 Å². The van der Waals surface area contributed by atoms with Gasteiger partial charge in [0.1, 0.15) is 5.60 Å². The Balaban J connectivity index is 1.58. The second-order valence-corrected chi connectivity index (χ2v) is 7.62. The molecule has 0 aromatic rings. The number of fused-ring (bicyclic) bond motifs is 2. The van der Waals surface area contributed by atoms with Gasteiger partial charge in [0.05, 0.1) is 6.54 Å². The summed E-state index contributed by atoms with van der Waals surface area (Å²) < 4.78 is 5.22. The van der Waals surface area contributed by atoms with Gasteiger partial charge in [0.15, 0.2) is 0 Å². The summed E-state index contributed by atoms with van der Waals surface area (Å²) in [5.74, 6) is 0.510. The van der Waals surface area contributed by atoms with Gasteiger partial charge in [-0.3, -0.25) is 14.5 Å². The van der Waals surface area contributed by atoms with E-state index in [1.54, 1.807) is 0 Å². The zero-order valence-corrected chi connectivity index (χ0v) is 14.2. The largest absolute Gasteiger partial charge is 0.352 e. The summed E-state index contributed by atoms with van der Waals surface area (Å²) in [7, 11) is 1.47. The second kappa shape index (κ2) is 5.69. The minimum Gasteiger partial charge on any atom is -0.352 e. The lowest BCUT2D eigenvalue weighted by molar-refractivity contribution is -0.446. The molecule has 0 saturated heterocycles. The summed E-state index contributed by atoms with van der Waals surface area (Å²) in [6.45, 7) is 6.67. The van der Waals surface area contributed by atoms with Crippen LogP contribution < -0.4 is 0 Å². The molecule has 1 heterocycles. The number of methoxy groups -OCH3 is 1. The molecule has 3 saturated carbocycles. The number of nitrogens with zero attached hydrogens (tertiary/aromatic N) is 1. The minimum atomic E-state index is -0.791. The molecule has 4 aliphatic rings. The van der Waals surface area contributed by atoms with E-state index in [1.807, 2.05) is 0 Å². The van der Waals surface area contributed by atoms with E-state index in [4.69, 9.17) is 14.5 Å². The van der Waals surface area contributed by atoms with Gasteiger partial charge >= 0.3 is 0 Å². The lowest BCUT2D eigenvalue weighted by Crippen LogP contribution is -2.61. The third-order valence-corrected chi connectivity index (χ3v) is 6.04. The first-order valence-corrected chi connectivity index (χ1v) is 8.19. The van der Waals surface area contributed by atoms with Crippen LogP contribution in [0.3, 0.4) is 0 Å². The van der Waals surface area contributed by atoms with Gasteiger partial charge in [0.25, 0.3) is 11.8 Å². The zero-order chi connectivity index (χ0) is 16.8. The molecule has 4 atom stereocenters. The molecule has 23 heavy (non-hydrogen) atoms. The molecule has 0 aromatic carbocycles. The van der Waals surface area contributed by atoms with Crippen LogP contribution in [0.15, 0.2) is 12.2 Å². The Labute approximate surface area is 136 Å². The average molecular weight is 323 g/mol. The third kappa shape index (κ3) is 2.73. The van der Waals surface area contributed by atoms with Crippen molar-refractivity contribution in [3.05, 3.63) is 12.2 Å². The highest BCUT2D eigenvalue weighted by Crippen LogP contribution is 2.63. The van der Waals surface area contributed by atoms with Crippen LogP contribution in [-0.2, 0) is 24.1 Å². The first kappa shape index (κ1) is 16.6. The van der Waals surface area contributed by atoms with Crippen molar-refractivity contribution in [1.82, 2.24) is 4.90 Å². The average Bonchev–Trinajstić information content (AvgIpc) is 2.82. The molecule has 0 N–H and O–H groups in total. The Morgan fingerprint density at radius 3 is 2.43 bits per heavy atom. The molecular formula is C17H25NO5. The van der Waals surface area contributed by atoms with E-state index in [2.05, 4.69) is 20.8 Å². The summed E-state index contributed by atoms with van der Waals surface area (Å²) >= 11 is 0. The Kier molecular flexibility index (Phi) is 4.11. The van der Waals surface area contributed by atoms with Gasteiger partial charge in [0.2, 0.25) is 6.29 Å². The molecular weight excluding hydrogens is 298 g/mol. The topological polar surface area (TPSA) is 65.1 Å². The molecule has 2 amide bonds. The van der Waals surface area contributed by atoms with E-state index in [-0.39, 0.29) is 29.4 Å². The summed E-state index contributed by atoms with van der Waals surface area (Å²) in [6, 6.07) is 0. The number of hydrogen-bond donors (Lipinski definition) is 0. The van der Waals surface area contributed by atoms with Crippen LogP contribution in [-0.4, -0.2) is 42.3 Å². The van der Waals surface area contributed by atoms with Crippen molar-refractivity contribution in [3.63, 3.8) is 0 Å². The maximum absolute atomic E-state index is 11.6. The van der Waals surface area contributed by atoms with E-state index in [0.29, 0.717) is 5.92 Å². The quantitative estimate of drug-likeness (QED) is 0.324. The monoisotopic (exact) mass is 323 g/mol.